The number of fused-ring (bicyclic) bond motifs is 1. The van der Waals surface area contributed by atoms with Gasteiger partial charge in [-0.15, -0.1) is 0 Å². The maximum atomic E-state index is 12.5. The van der Waals surface area contributed by atoms with Crippen LogP contribution < -0.4 is 14.8 Å². The minimum absolute atomic E-state index is 0.302. The van der Waals surface area contributed by atoms with Crippen molar-refractivity contribution in [2.45, 2.75) is 0 Å². The normalized spacial score (nSPS) is 10.7. The van der Waals surface area contributed by atoms with Gasteiger partial charge in [-0.3, -0.25) is 10.1 Å². The van der Waals surface area contributed by atoms with Crippen LogP contribution in [0.5, 0.6) is 11.5 Å². The number of benzene rings is 2. The molecule has 1 heterocycles. The molecular weight excluding hydrogens is 463 g/mol. The molecule has 0 aliphatic rings. The van der Waals surface area contributed by atoms with Crippen LogP contribution in [0.3, 0.4) is 0 Å². The number of hydrogen-bond acceptors (Lipinski definition) is 5. The monoisotopic (exact) mass is 474 g/mol. The largest absolute Gasteiger partial charge is 0.497 e. The Morgan fingerprint density at radius 2 is 2.04 bits per heavy atom. The zero-order valence-corrected chi connectivity index (χ0v) is 16.5. The second-order valence-electron chi connectivity index (χ2n) is 4.77. The van der Waals surface area contributed by atoms with Crippen molar-refractivity contribution in [2.75, 3.05) is 19.5 Å². The van der Waals surface area contributed by atoms with Crippen molar-refractivity contribution in [1.82, 2.24) is 4.98 Å². The maximum Gasteiger partial charge on any atom is 0.258 e. The van der Waals surface area contributed by atoms with Crippen LogP contribution in [0.25, 0.3) is 10.2 Å². The molecule has 0 aliphatic heterocycles. The lowest BCUT2D eigenvalue weighted by molar-refractivity contribution is 0.102. The fourth-order valence-corrected chi connectivity index (χ4v) is 3.74. The molecule has 0 fully saturated rings. The van der Waals surface area contributed by atoms with Crippen molar-refractivity contribution >= 4 is 66.8 Å². The third kappa shape index (κ3) is 3.42. The Bertz CT molecular complexity index is 929. The molecule has 124 valence electrons. The molecule has 0 spiro atoms. The molecule has 0 aliphatic carbocycles. The summed E-state index contributed by atoms with van der Waals surface area (Å²) in [6, 6.07) is 8.88. The summed E-state index contributed by atoms with van der Waals surface area (Å²) in [6.45, 7) is 0. The molecule has 0 saturated heterocycles. The number of thiazole rings is 1. The van der Waals surface area contributed by atoms with E-state index in [2.05, 4.69) is 32.9 Å². The summed E-state index contributed by atoms with van der Waals surface area (Å²) in [5.74, 6) is 0.957. The average molecular weight is 475 g/mol. The van der Waals surface area contributed by atoms with Crippen LogP contribution in [0, 0.1) is 3.57 Å². The van der Waals surface area contributed by atoms with Gasteiger partial charge >= 0.3 is 0 Å². The highest BCUT2D eigenvalue weighted by atomic mass is 127. The molecule has 0 saturated carbocycles. The zero-order valence-electron chi connectivity index (χ0n) is 12.7. The van der Waals surface area contributed by atoms with E-state index in [9.17, 15) is 4.79 Å². The van der Waals surface area contributed by atoms with Gasteiger partial charge in [-0.25, -0.2) is 4.98 Å². The van der Waals surface area contributed by atoms with Crippen molar-refractivity contribution in [2.24, 2.45) is 0 Å². The highest BCUT2D eigenvalue weighted by Crippen LogP contribution is 2.36. The first-order valence-corrected chi connectivity index (χ1v) is 9.08. The van der Waals surface area contributed by atoms with Crippen LogP contribution in [-0.2, 0) is 0 Å². The summed E-state index contributed by atoms with van der Waals surface area (Å²) in [5, 5.41) is 3.65. The zero-order chi connectivity index (χ0) is 17.3. The highest BCUT2D eigenvalue weighted by Gasteiger charge is 2.16. The van der Waals surface area contributed by atoms with E-state index in [0.717, 1.165) is 8.27 Å². The molecular formula is C16H12ClIN2O3S. The van der Waals surface area contributed by atoms with Crippen LogP contribution >= 0.6 is 45.5 Å². The number of methoxy groups -OCH3 is 2. The van der Waals surface area contributed by atoms with E-state index in [-0.39, 0.29) is 5.91 Å². The van der Waals surface area contributed by atoms with E-state index in [1.165, 1.54) is 11.3 Å². The van der Waals surface area contributed by atoms with Gasteiger partial charge in [-0.05, 0) is 46.9 Å². The van der Waals surface area contributed by atoms with Crippen LogP contribution in [0.2, 0.25) is 5.02 Å². The van der Waals surface area contributed by atoms with Crippen molar-refractivity contribution in [1.29, 1.82) is 0 Å². The molecule has 24 heavy (non-hydrogen) atoms. The molecule has 1 N–H and O–H groups in total. The lowest BCUT2D eigenvalue weighted by Gasteiger charge is -2.04. The van der Waals surface area contributed by atoms with Gasteiger partial charge in [0.1, 0.15) is 17.0 Å². The summed E-state index contributed by atoms with van der Waals surface area (Å²) in [7, 11) is 3.15. The van der Waals surface area contributed by atoms with Gasteiger partial charge in [0.2, 0.25) is 0 Å². The molecule has 3 rings (SSSR count). The minimum Gasteiger partial charge on any atom is -0.497 e. The van der Waals surface area contributed by atoms with E-state index in [1.807, 2.05) is 12.1 Å². The van der Waals surface area contributed by atoms with E-state index in [0.29, 0.717) is 32.7 Å². The fraction of sp³-hybridized carbons (Fsp3) is 0.125. The Labute approximate surface area is 161 Å². The Balaban J connectivity index is 1.95. The first-order valence-electron chi connectivity index (χ1n) is 6.81. The lowest BCUT2D eigenvalue weighted by Crippen LogP contribution is -2.12. The van der Waals surface area contributed by atoms with Crippen LogP contribution in [0.1, 0.15) is 10.4 Å². The number of halogens is 2. The van der Waals surface area contributed by atoms with Gasteiger partial charge in [-0.1, -0.05) is 22.9 Å². The molecule has 0 unspecified atom stereocenters. The fourth-order valence-electron chi connectivity index (χ4n) is 2.14. The first-order chi connectivity index (χ1) is 11.5. The molecule has 1 aromatic heterocycles. The molecule has 0 radical (unpaired) electrons. The molecule has 1 amide bonds. The number of ether oxygens (including phenoxy) is 2. The van der Waals surface area contributed by atoms with Gasteiger partial charge in [0, 0.05) is 9.64 Å². The molecule has 0 atom stereocenters. The van der Waals surface area contributed by atoms with E-state index < -0.39 is 0 Å². The summed E-state index contributed by atoms with van der Waals surface area (Å²) in [4.78, 5) is 16.9. The average Bonchev–Trinajstić information content (AvgIpc) is 2.98. The summed E-state index contributed by atoms with van der Waals surface area (Å²) in [5.41, 5.74) is 1.08. The maximum absolute atomic E-state index is 12.5. The quantitative estimate of drug-likeness (QED) is 0.551. The van der Waals surface area contributed by atoms with Gasteiger partial charge < -0.3 is 9.47 Å². The van der Waals surface area contributed by atoms with Gasteiger partial charge in [-0.2, -0.15) is 0 Å². The first kappa shape index (κ1) is 17.2. The summed E-state index contributed by atoms with van der Waals surface area (Å²) < 4.78 is 12.4. The van der Waals surface area contributed by atoms with Crippen LogP contribution in [-0.4, -0.2) is 25.1 Å². The second-order valence-corrected chi connectivity index (χ2v) is 7.46. The number of aromatic nitrogens is 1. The van der Waals surface area contributed by atoms with Crippen molar-refractivity contribution < 1.29 is 14.3 Å². The summed E-state index contributed by atoms with van der Waals surface area (Å²) in [6.07, 6.45) is 0. The van der Waals surface area contributed by atoms with E-state index in [4.69, 9.17) is 21.1 Å². The van der Waals surface area contributed by atoms with Crippen molar-refractivity contribution in [3.63, 3.8) is 0 Å². The molecule has 5 nitrogen and oxygen atoms in total. The van der Waals surface area contributed by atoms with Gasteiger partial charge in [0.15, 0.2) is 5.13 Å². The summed E-state index contributed by atoms with van der Waals surface area (Å²) >= 11 is 9.58. The second kappa shape index (κ2) is 7.12. The topological polar surface area (TPSA) is 60.5 Å². The number of amides is 1. The van der Waals surface area contributed by atoms with Crippen molar-refractivity contribution in [3.05, 3.63) is 44.5 Å². The van der Waals surface area contributed by atoms with Crippen molar-refractivity contribution in [3.8, 4) is 11.5 Å². The number of nitrogens with one attached hydrogen (secondary N) is 1. The predicted molar refractivity (Wildman–Crippen MR) is 105 cm³/mol. The molecule has 2 aromatic carbocycles. The molecule has 3 aromatic rings. The minimum atomic E-state index is -0.302. The number of rotatable bonds is 4. The van der Waals surface area contributed by atoms with E-state index >= 15 is 0 Å². The smallest absolute Gasteiger partial charge is 0.258 e. The Morgan fingerprint density at radius 1 is 1.25 bits per heavy atom. The predicted octanol–water partition coefficient (Wildman–Crippen LogP) is 4.82. The Morgan fingerprint density at radius 3 is 2.75 bits per heavy atom. The number of hydrogen-bond donors (Lipinski definition) is 1. The van der Waals surface area contributed by atoms with Gasteiger partial charge in [0.25, 0.3) is 5.91 Å². The van der Waals surface area contributed by atoms with Gasteiger partial charge in [0.05, 0.1) is 29.5 Å². The standard InChI is InChI=1S/C16H12ClIN2O3S/c1-22-9-6-12(23-2)14-13(7-9)24-16(19-14)20-15(21)10-5-8(18)3-4-11(10)17/h3-7H,1-2H3,(H,19,20,21). The number of carbonyl (C=O) groups is 1. The third-order valence-electron chi connectivity index (χ3n) is 3.28. The van der Waals surface area contributed by atoms with E-state index in [1.54, 1.807) is 32.4 Å². The highest BCUT2D eigenvalue weighted by molar-refractivity contribution is 14.1. The number of nitrogens with zero attached hydrogens (tertiary/aromatic N) is 1. The lowest BCUT2D eigenvalue weighted by atomic mass is 10.2. The number of anilines is 1. The Kier molecular flexibility index (Phi) is 5.12. The Hall–Kier alpha value is -1.58. The van der Waals surface area contributed by atoms with Crippen LogP contribution in [0.15, 0.2) is 30.3 Å². The number of carbonyl (C=O) groups excluding carboxylic acids is 1. The SMILES string of the molecule is COc1cc(OC)c2nc(NC(=O)c3cc(I)ccc3Cl)sc2c1. The molecule has 8 heteroatoms. The molecule has 0 bridgehead atoms. The van der Waals surface area contributed by atoms with Crippen LogP contribution in [0.4, 0.5) is 5.13 Å². The third-order valence-corrected chi connectivity index (χ3v) is 5.20.